The second kappa shape index (κ2) is 6.06. The molecule has 0 aromatic heterocycles. The van der Waals surface area contributed by atoms with Gasteiger partial charge >= 0.3 is 0 Å². The van der Waals surface area contributed by atoms with Gasteiger partial charge in [0.2, 0.25) is 0 Å². The standard InChI is InChI=1S/C12H22N2/c1-13(2)10-7-11-14(3)12-8-5-4-6-9-12/h12H,5,7-11H2,1-3H3. The molecule has 0 saturated carbocycles. The monoisotopic (exact) mass is 194 g/mol. The Morgan fingerprint density at radius 2 is 1.93 bits per heavy atom. The van der Waals surface area contributed by atoms with Gasteiger partial charge in [0.05, 0.1) is 0 Å². The topological polar surface area (TPSA) is 6.48 Å². The second-order valence-corrected chi connectivity index (χ2v) is 4.39. The number of nitrogens with zero attached hydrogens (tertiary/aromatic N) is 2. The van der Waals surface area contributed by atoms with Gasteiger partial charge in [-0.3, -0.25) is 0 Å². The summed E-state index contributed by atoms with van der Waals surface area (Å²) in [7, 11) is 6.49. The van der Waals surface area contributed by atoms with Crippen LogP contribution >= 0.6 is 0 Å². The predicted octanol–water partition coefficient (Wildman–Crippen LogP) is 1.43. The zero-order chi connectivity index (χ0) is 10.4. The molecule has 1 aliphatic rings. The van der Waals surface area contributed by atoms with E-state index in [9.17, 15) is 0 Å². The minimum Gasteiger partial charge on any atom is -0.309 e. The molecule has 0 aliphatic heterocycles. The molecule has 0 aromatic carbocycles. The molecule has 2 nitrogen and oxygen atoms in total. The molecule has 0 fully saturated rings. The van der Waals surface area contributed by atoms with Crippen molar-refractivity contribution in [3.63, 3.8) is 0 Å². The summed E-state index contributed by atoms with van der Waals surface area (Å²) in [6.07, 6.45) is 4.67. The number of hydrogen-bond acceptors (Lipinski definition) is 2. The molecule has 1 rings (SSSR count). The quantitative estimate of drug-likeness (QED) is 0.611. The van der Waals surface area contributed by atoms with Gasteiger partial charge in [-0.15, -0.1) is 11.8 Å². The SMILES string of the molecule is CN(C)CCCN(C)C1CC#CCC1. The lowest BCUT2D eigenvalue weighted by atomic mass is 10.0. The Hall–Kier alpha value is -0.520. The normalized spacial score (nSPS) is 21.1. The smallest absolute Gasteiger partial charge is 0.0245 e. The third-order valence-electron chi connectivity index (χ3n) is 2.80. The van der Waals surface area contributed by atoms with Gasteiger partial charge in [0.15, 0.2) is 0 Å². The molecular formula is C12H22N2. The summed E-state index contributed by atoms with van der Waals surface area (Å²) >= 11 is 0. The van der Waals surface area contributed by atoms with Gasteiger partial charge in [0.1, 0.15) is 0 Å². The van der Waals surface area contributed by atoms with E-state index >= 15 is 0 Å². The average Bonchev–Trinajstić information content (AvgIpc) is 2.18. The maximum Gasteiger partial charge on any atom is 0.0245 e. The van der Waals surface area contributed by atoms with Crippen molar-refractivity contribution in [3.05, 3.63) is 0 Å². The summed E-state index contributed by atoms with van der Waals surface area (Å²) < 4.78 is 0. The van der Waals surface area contributed by atoms with Crippen LogP contribution in [-0.2, 0) is 0 Å². The van der Waals surface area contributed by atoms with Crippen molar-refractivity contribution in [1.82, 2.24) is 9.80 Å². The van der Waals surface area contributed by atoms with Crippen molar-refractivity contribution < 1.29 is 0 Å². The van der Waals surface area contributed by atoms with Gasteiger partial charge in [-0.2, -0.15) is 0 Å². The molecular weight excluding hydrogens is 172 g/mol. The van der Waals surface area contributed by atoms with E-state index in [4.69, 9.17) is 0 Å². The van der Waals surface area contributed by atoms with Crippen molar-refractivity contribution in [2.24, 2.45) is 0 Å². The second-order valence-electron chi connectivity index (χ2n) is 4.39. The molecule has 0 aromatic rings. The van der Waals surface area contributed by atoms with E-state index in [1.165, 1.54) is 25.9 Å². The highest BCUT2D eigenvalue weighted by Gasteiger charge is 2.14. The average molecular weight is 194 g/mol. The molecule has 0 N–H and O–H groups in total. The number of hydrogen-bond donors (Lipinski definition) is 0. The molecule has 1 atom stereocenters. The van der Waals surface area contributed by atoms with Crippen LogP contribution in [0.15, 0.2) is 0 Å². The minimum absolute atomic E-state index is 0.707. The third kappa shape index (κ3) is 4.13. The van der Waals surface area contributed by atoms with Crippen LogP contribution < -0.4 is 0 Å². The van der Waals surface area contributed by atoms with E-state index < -0.39 is 0 Å². The molecule has 2 heteroatoms. The van der Waals surface area contributed by atoms with Crippen molar-refractivity contribution in [3.8, 4) is 11.8 Å². The van der Waals surface area contributed by atoms with Crippen LogP contribution in [0.2, 0.25) is 0 Å². The molecule has 0 spiro atoms. The summed E-state index contributed by atoms with van der Waals surface area (Å²) in [5, 5.41) is 0. The first-order chi connectivity index (χ1) is 6.70. The van der Waals surface area contributed by atoms with Gasteiger partial charge in [0.25, 0.3) is 0 Å². The maximum absolute atomic E-state index is 3.21. The minimum atomic E-state index is 0.707. The summed E-state index contributed by atoms with van der Waals surface area (Å²) in [6, 6.07) is 0.707. The molecule has 0 radical (unpaired) electrons. The summed E-state index contributed by atoms with van der Waals surface area (Å²) in [5.74, 6) is 6.37. The highest BCUT2D eigenvalue weighted by molar-refractivity contribution is 5.06. The zero-order valence-corrected chi connectivity index (χ0v) is 9.71. The first-order valence-corrected chi connectivity index (χ1v) is 5.51. The first kappa shape index (κ1) is 11.6. The maximum atomic E-state index is 3.21. The molecule has 0 heterocycles. The highest BCUT2D eigenvalue weighted by Crippen LogP contribution is 2.12. The van der Waals surface area contributed by atoms with Crippen LogP contribution in [0.3, 0.4) is 0 Å². The Morgan fingerprint density at radius 1 is 1.14 bits per heavy atom. The number of rotatable bonds is 5. The molecule has 1 aliphatic carbocycles. The Kier molecular flexibility index (Phi) is 5.00. The summed E-state index contributed by atoms with van der Waals surface area (Å²) in [6.45, 7) is 2.38. The Labute approximate surface area is 88.3 Å². The zero-order valence-electron chi connectivity index (χ0n) is 9.71. The molecule has 80 valence electrons. The van der Waals surface area contributed by atoms with Gasteiger partial charge in [-0.05, 0) is 47.1 Å². The lowest BCUT2D eigenvalue weighted by molar-refractivity contribution is 0.220. The van der Waals surface area contributed by atoms with E-state index in [0.717, 1.165) is 12.8 Å². The third-order valence-corrected chi connectivity index (χ3v) is 2.80. The van der Waals surface area contributed by atoms with E-state index in [0.29, 0.717) is 6.04 Å². The van der Waals surface area contributed by atoms with Crippen LogP contribution in [0.25, 0.3) is 0 Å². The fraction of sp³-hybridized carbons (Fsp3) is 0.833. The van der Waals surface area contributed by atoms with Gasteiger partial charge in [-0.1, -0.05) is 0 Å². The van der Waals surface area contributed by atoms with E-state index in [-0.39, 0.29) is 0 Å². The fourth-order valence-electron chi connectivity index (χ4n) is 1.81. The van der Waals surface area contributed by atoms with Gasteiger partial charge in [0, 0.05) is 18.9 Å². The van der Waals surface area contributed by atoms with Crippen molar-refractivity contribution in [2.45, 2.75) is 31.7 Å². The van der Waals surface area contributed by atoms with Crippen LogP contribution in [-0.4, -0.2) is 50.1 Å². The van der Waals surface area contributed by atoms with Crippen LogP contribution in [0.4, 0.5) is 0 Å². The van der Waals surface area contributed by atoms with Crippen molar-refractivity contribution in [2.75, 3.05) is 34.2 Å². The Bertz CT molecular complexity index is 212. The largest absolute Gasteiger partial charge is 0.309 e. The summed E-state index contributed by atoms with van der Waals surface area (Å²) in [4.78, 5) is 4.71. The first-order valence-electron chi connectivity index (χ1n) is 5.51. The predicted molar refractivity (Wildman–Crippen MR) is 61.2 cm³/mol. The van der Waals surface area contributed by atoms with Crippen LogP contribution in [0.5, 0.6) is 0 Å². The van der Waals surface area contributed by atoms with Crippen molar-refractivity contribution >= 4 is 0 Å². The fourth-order valence-corrected chi connectivity index (χ4v) is 1.81. The Balaban J connectivity index is 2.15. The van der Waals surface area contributed by atoms with E-state index in [1.54, 1.807) is 0 Å². The molecule has 14 heavy (non-hydrogen) atoms. The van der Waals surface area contributed by atoms with Crippen molar-refractivity contribution in [1.29, 1.82) is 0 Å². The van der Waals surface area contributed by atoms with Gasteiger partial charge in [-0.25, -0.2) is 0 Å². The van der Waals surface area contributed by atoms with Crippen LogP contribution in [0, 0.1) is 11.8 Å². The van der Waals surface area contributed by atoms with Gasteiger partial charge < -0.3 is 9.80 Å². The molecule has 0 bridgehead atoms. The molecule has 0 saturated heterocycles. The van der Waals surface area contributed by atoms with Crippen LogP contribution in [0.1, 0.15) is 25.7 Å². The summed E-state index contributed by atoms with van der Waals surface area (Å²) in [5.41, 5.74) is 0. The Morgan fingerprint density at radius 3 is 2.50 bits per heavy atom. The lowest BCUT2D eigenvalue weighted by Crippen LogP contribution is -2.34. The highest BCUT2D eigenvalue weighted by atomic mass is 15.1. The van der Waals surface area contributed by atoms with E-state index in [1.807, 2.05) is 0 Å². The molecule has 1 unspecified atom stereocenters. The lowest BCUT2D eigenvalue weighted by Gasteiger charge is -2.27. The molecule has 0 amide bonds. The van der Waals surface area contributed by atoms with E-state index in [2.05, 4.69) is 42.8 Å².